The molecule has 30 heavy (non-hydrogen) atoms. The number of rotatable bonds is 5. The van der Waals surface area contributed by atoms with Crippen LogP contribution in [0.1, 0.15) is 34.5 Å². The minimum absolute atomic E-state index is 0.107. The Morgan fingerprint density at radius 1 is 1.13 bits per heavy atom. The molecule has 4 rings (SSSR count). The molecule has 1 atom stereocenters. The van der Waals surface area contributed by atoms with Crippen molar-refractivity contribution in [3.63, 3.8) is 0 Å². The maximum atomic E-state index is 15.3. The highest BCUT2D eigenvalue weighted by Crippen LogP contribution is 2.38. The van der Waals surface area contributed by atoms with Crippen LogP contribution in [-0.4, -0.2) is 25.8 Å². The fourth-order valence-electron chi connectivity index (χ4n) is 3.54. The summed E-state index contributed by atoms with van der Waals surface area (Å²) in [6, 6.07) is 7.89. The van der Waals surface area contributed by atoms with Crippen LogP contribution in [0.3, 0.4) is 0 Å². The van der Waals surface area contributed by atoms with E-state index in [0.29, 0.717) is 22.5 Å². The molecule has 4 N–H and O–H groups in total. The van der Waals surface area contributed by atoms with Crippen molar-refractivity contribution in [2.75, 3.05) is 5.32 Å². The summed E-state index contributed by atoms with van der Waals surface area (Å²) in [5, 5.41) is 3.09. The molecule has 1 unspecified atom stereocenters. The minimum Gasteiger partial charge on any atom is -0.365 e. The average Bonchev–Trinajstić information content (AvgIpc) is 3.22. The second-order valence-corrected chi connectivity index (χ2v) is 6.83. The molecule has 0 radical (unpaired) electrons. The Hall–Kier alpha value is -3.88. The van der Waals surface area contributed by atoms with Gasteiger partial charge in [-0.05, 0) is 19.4 Å². The third-order valence-electron chi connectivity index (χ3n) is 4.95. The number of anilines is 1. The van der Waals surface area contributed by atoms with Crippen molar-refractivity contribution in [1.29, 1.82) is 0 Å². The van der Waals surface area contributed by atoms with Gasteiger partial charge in [0.2, 0.25) is 0 Å². The minimum atomic E-state index is -0.982. The lowest BCUT2D eigenvalue weighted by molar-refractivity contribution is 0.0995. The number of aromatic amines is 1. The van der Waals surface area contributed by atoms with E-state index in [4.69, 9.17) is 5.73 Å². The topological polar surface area (TPSA) is 110 Å². The standard InChI is InChI=1S/C21H18F2N6O/c1-10-16(22)14(12-6-4-3-5-7-12)13(15(17(10)23)19(24)30)11(2)29-21-18-20(26-8-25-18)27-9-28-21/h3-9,11H,1-2H3,(H2,24,30)(H2,25,26,27,28,29). The van der Waals surface area contributed by atoms with E-state index < -0.39 is 23.6 Å². The van der Waals surface area contributed by atoms with E-state index in [1.54, 1.807) is 37.3 Å². The summed E-state index contributed by atoms with van der Waals surface area (Å²) in [6.45, 7) is 2.95. The number of hydrogen-bond donors (Lipinski definition) is 3. The van der Waals surface area contributed by atoms with E-state index in [0.717, 1.165) is 0 Å². The maximum absolute atomic E-state index is 15.3. The van der Waals surface area contributed by atoms with Crippen LogP contribution < -0.4 is 11.1 Å². The van der Waals surface area contributed by atoms with Crippen LogP contribution in [0.4, 0.5) is 14.6 Å². The number of nitrogens with one attached hydrogen (secondary N) is 2. The number of hydrogen-bond acceptors (Lipinski definition) is 5. The Balaban J connectivity index is 1.95. The van der Waals surface area contributed by atoms with E-state index >= 15 is 4.39 Å². The van der Waals surface area contributed by atoms with Gasteiger partial charge in [0.15, 0.2) is 11.5 Å². The fourth-order valence-corrected chi connectivity index (χ4v) is 3.54. The fraction of sp³-hybridized carbons (Fsp3) is 0.143. The van der Waals surface area contributed by atoms with E-state index in [-0.39, 0.29) is 22.3 Å². The van der Waals surface area contributed by atoms with E-state index in [1.807, 2.05) is 0 Å². The van der Waals surface area contributed by atoms with Crippen molar-refractivity contribution in [1.82, 2.24) is 19.9 Å². The van der Waals surface area contributed by atoms with Gasteiger partial charge in [0.1, 0.15) is 23.5 Å². The largest absolute Gasteiger partial charge is 0.365 e. The predicted molar refractivity (Wildman–Crippen MR) is 109 cm³/mol. The Morgan fingerprint density at radius 3 is 2.57 bits per heavy atom. The third-order valence-corrected chi connectivity index (χ3v) is 4.95. The number of H-pyrrole nitrogens is 1. The predicted octanol–water partition coefficient (Wildman–Crippen LogP) is 3.88. The van der Waals surface area contributed by atoms with Crippen molar-refractivity contribution in [3.05, 3.63) is 71.3 Å². The van der Waals surface area contributed by atoms with Crippen LogP contribution in [-0.2, 0) is 0 Å². The quantitative estimate of drug-likeness (QED) is 0.464. The molecular weight excluding hydrogens is 390 g/mol. The second kappa shape index (κ2) is 7.51. The number of carbonyl (C=O) groups is 1. The molecule has 0 aliphatic heterocycles. The first-order valence-electron chi connectivity index (χ1n) is 9.17. The van der Waals surface area contributed by atoms with Gasteiger partial charge in [-0.3, -0.25) is 4.79 Å². The van der Waals surface area contributed by atoms with Crippen molar-refractivity contribution in [2.24, 2.45) is 5.73 Å². The Kier molecular flexibility index (Phi) is 4.86. The zero-order chi connectivity index (χ0) is 21.4. The van der Waals surface area contributed by atoms with Gasteiger partial charge in [0.25, 0.3) is 5.91 Å². The number of imidazole rings is 1. The van der Waals surface area contributed by atoms with Gasteiger partial charge in [-0.15, -0.1) is 0 Å². The van der Waals surface area contributed by atoms with Crippen molar-refractivity contribution in [3.8, 4) is 11.1 Å². The maximum Gasteiger partial charge on any atom is 0.252 e. The van der Waals surface area contributed by atoms with Crippen molar-refractivity contribution in [2.45, 2.75) is 19.9 Å². The molecule has 1 amide bonds. The molecule has 2 aromatic heterocycles. The van der Waals surface area contributed by atoms with Crippen LogP contribution in [0.15, 0.2) is 43.0 Å². The first kappa shape index (κ1) is 19.4. The van der Waals surface area contributed by atoms with Gasteiger partial charge >= 0.3 is 0 Å². The number of nitrogens with two attached hydrogens (primary N) is 1. The molecule has 4 aromatic rings. The SMILES string of the molecule is Cc1c(F)c(C(N)=O)c(C(C)Nc2ncnc3[nH]cnc23)c(-c2ccccc2)c1F. The van der Waals surface area contributed by atoms with E-state index in [9.17, 15) is 9.18 Å². The van der Waals surface area contributed by atoms with Crippen LogP contribution >= 0.6 is 0 Å². The normalized spacial score (nSPS) is 12.1. The lowest BCUT2D eigenvalue weighted by Gasteiger charge is -2.23. The number of halogens is 2. The Bertz CT molecular complexity index is 1260. The summed E-state index contributed by atoms with van der Waals surface area (Å²) < 4.78 is 30.3. The summed E-state index contributed by atoms with van der Waals surface area (Å²) in [5.41, 5.74) is 6.55. The molecule has 152 valence electrons. The van der Waals surface area contributed by atoms with Gasteiger partial charge in [-0.1, -0.05) is 30.3 Å². The molecule has 0 spiro atoms. The van der Waals surface area contributed by atoms with Gasteiger partial charge in [0, 0.05) is 16.7 Å². The molecule has 0 saturated heterocycles. The number of fused-ring (bicyclic) bond motifs is 1. The molecule has 0 saturated carbocycles. The van der Waals surface area contributed by atoms with E-state index in [2.05, 4.69) is 25.3 Å². The number of carbonyl (C=O) groups excluding carboxylic acids is 1. The first-order chi connectivity index (χ1) is 14.4. The number of nitrogens with zero attached hydrogens (tertiary/aromatic N) is 3. The molecule has 2 heterocycles. The molecule has 2 aromatic carbocycles. The van der Waals surface area contributed by atoms with E-state index in [1.165, 1.54) is 19.6 Å². The summed E-state index contributed by atoms with van der Waals surface area (Å²) in [5.74, 6) is -2.36. The van der Waals surface area contributed by atoms with Crippen LogP contribution in [0, 0.1) is 18.6 Å². The van der Waals surface area contributed by atoms with Gasteiger partial charge in [0.05, 0.1) is 17.9 Å². The number of amides is 1. The molecule has 9 heteroatoms. The molecular formula is C21H18F2N6O. The summed E-state index contributed by atoms with van der Waals surface area (Å²) in [7, 11) is 0. The van der Waals surface area contributed by atoms with Gasteiger partial charge < -0.3 is 16.0 Å². The van der Waals surface area contributed by atoms with Crippen LogP contribution in [0.25, 0.3) is 22.3 Å². The molecule has 0 aliphatic carbocycles. The zero-order valence-electron chi connectivity index (χ0n) is 16.2. The third kappa shape index (κ3) is 3.14. The van der Waals surface area contributed by atoms with Crippen LogP contribution in [0.5, 0.6) is 0 Å². The lowest BCUT2D eigenvalue weighted by atomic mass is 9.87. The highest BCUT2D eigenvalue weighted by Gasteiger charge is 2.29. The Morgan fingerprint density at radius 2 is 1.87 bits per heavy atom. The van der Waals surface area contributed by atoms with Crippen LogP contribution in [0.2, 0.25) is 0 Å². The highest BCUT2D eigenvalue weighted by molar-refractivity contribution is 5.98. The van der Waals surface area contributed by atoms with Crippen molar-refractivity contribution >= 4 is 22.9 Å². The van der Waals surface area contributed by atoms with Gasteiger partial charge in [-0.25, -0.2) is 23.7 Å². The molecule has 7 nitrogen and oxygen atoms in total. The first-order valence-corrected chi connectivity index (χ1v) is 9.17. The lowest BCUT2D eigenvalue weighted by Crippen LogP contribution is -2.23. The number of aromatic nitrogens is 4. The smallest absolute Gasteiger partial charge is 0.252 e. The zero-order valence-corrected chi connectivity index (χ0v) is 16.2. The summed E-state index contributed by atoms with van der Waals surface area (Å²) >= 11 is 0. The summed E-state index contributed by atoms with van der Waals surface area (Å²) in [6.07, 6.45) is 2.80. The summed E-state index contributed by atoms with van der Waals surface area (Å²) in [4.78, 5) is 27.5. The highest BCUT2D eigenvalue weighted by atomic mass is 19.1. The van der Waals surface area contributed by atoms with Gasteiger partial charge in [-0.2, -0.15) is 0 Å². The average molecular weight is 408 g/mol. The molecule has 0 bridgehead atoms. The molecule has 0 aliphatic rings. The monoisotopic (exact) mass is 408 g/mol. The number of benzene rings is 2. The second-order valence-electron chi connectivity index (χ2n) is 6.83. The Labute approximate surface area is 170 Å². The van der Waals surface area contributed by atoms with Crippen molar-refractivity contribution < 1.29 is 13.6 Å². The number of primary amides is 1. The molecule has 0 fully saturated rings.